The van der Waals surface area contributed by atoms with Crippen molar-refractivity contribution in [1.82, 2.24) is 9.97 Å². The van der Waals surface area contributed by atoms with Gasteiger partial charge in [0.1, 0.15) is 6.33 Å². The van der Waals surface area contributed by atoms with Crippen molar-refractivity contribution in [2.24, 2.45) is 41.4 Å². The number of aliphatic hydroxyl groups excluding tert-OH is 1. The third-order valence-electron chi connectivity index (χ3n) is 9.63. The molecule has 0 saturated heterocycles. The molecule has 0 unspecified atom stereocenters. The van der Waals surface area contributed by atoms with Crippen LogP contribution in [0.2, 0.25) is 0 Å². The molecule has 2 aromatic heterocycles. The Morgan fingerprint density at radius 3 is 2.00 bits per heavy atom. The van der Waals surface area contributed by atoms with Gasteiger partial charge in [0.05, 0.1) is 11.3 Å². The Morgan fingerprint density at radius 1 is 0.824 bits per heavy atom. The van der Waals surface area contributed by atoms with Gasteiger partial charge in [-0.05, 0) is 53.1 Å². The van der Waals surface area contributed by atoms with Crippen LogP contribution in [0.5, 0.6) is 0 Å². The van der Waals surface area contributed by atoms with E-state index in [2.05, 4.69) is 150 Å². The van der Waals surface area contributed by atoms with E-state index in [4.69, 9.17) is 4.98 Å². The van der Waals surface area contributed by atoms with E-state index in [1.165, 1.54) is 32.7 Å². The van der Waals surface area contributed by atoms with Crippen LogP contribution in [0.25, 0.3) is 42.3 Å². The average molecular weight is 884 g/mol. The first kappa shape index (κ1) is 42.5. The van der Waals surface area contributed by atoms with Crippen LogP contribution >= 0.6 is 11.3 Å². The van der Waals surface area contributed by atoms with E-state index in [0.29, 0.717) is 29.6 Å². The molecule has 0 amide bonds. The van der Waals surface area contributed by atoms with Crippen molar-refractivity contribution < 1.29 is 30.0 Å². The van der Waals surface area contributed by atoms with Crippen LogP contribution < -0.4 is 0 Å². The van der Waals surface area contributed by atoms with Gasteiger partial charge in [-0.1, -0.05) is 131 Å². The van der Waals surface area contributed by atoms with Gasteiger partial charge >= 0.3 is 0 Å². The molecule has 2 heterocycles. The number of nitrogens with zero attached hydrogens (tertiary/aromatic N) is 2. The molecule has 0 fully saturated rings. The second-order valence-electron chi connectivity index (χ2n) is 16.8. The predicted molar refractivity (Wildman–Crippen MR) is 216 cm³/mol. The van der Waals surface area contributed by atoms with Crippen molar-refractivity contribution in [1.29, 1.82) is 0 Å². The van der Waals surface area contributed by atoms with E-state index in [0.717, 1.165) is 33.3 Å². The molecule has 1 N–H and O–H groups in total. The molecule has 277 valence electrons. The molecule has 1 radical (unpaired) electrons. The summed E-state index contributed by atoms with van der Waals surface area (Å²) in [5, 5.41) is 13.9. The van der Waals surface area contributed by atoms with E-state index in [1.807, 2.05) is 0 Å². The summed E-state index contributed by atoms with van der Waals surface area (Å²) in [5.74, 6) is 2.27. The fourth-order valence-corrected chi connectivity index (χ4v) is 8.83. The second-order valence-corrected chi connectivity index (χ2v) is 17.9. The molecule has 6 heteroatoms. The van der Waals surface area contributed by atoms with Crippen LogP contribution in [0.15, 0.2) is 66.7 Å². The van der Waals surface area contributed by atoms with Crippen LogP contribution in [0.3, 0.4) is 0 Å². The minimum atomic E-state index is -0.0119. The molecule has 3 aromatic carbocycles. The Morgan fingerprint density at radius 2 is 1.43 bits per heavy atom. The fraction of sp³-hybridized carbons (Fsp3) is 0.489. The van der Waals surface area contributed by atoms with Crippen LogP contribution in [-0.2, 0) is 36.7 Å². The molecule has 5 aromatic rings. The molecule has 5 rings (SSSR count). The van der Waals surface area contributed by atoms with Gasteiger partial charge in [-0.25, -0.2) is 4.98 Å². The molecule has 0 spiro atoms. The van der Waals surface area contributed by atoms with Crippen molar-refractivity contribution in [2.45, 2.75) is 102 Å². The molecule has 0 bridgehead atoms. The number of fused-ring (bicyclic) bond motifs is 4. The first-order chi connectivity index (χ1) is 23.4. The zero-order valence-electron chi connectivity index (χ0n) is 33.0. The Kier molecular flexibility index (Phi) is 14.8. The third kappa shape index (κ3) is 10.2. The van der Waals surface area contributed by atoms with Gasteiger partial charge in [-0.2, -0.15) is 0 Å². The maximum absolute atomic E-state index is 12.3. The van der Waals surface area contributed by atoms with Gasteiger partial charge in [-0.15, -0.1) is 40.5 Å². The number of aliphatic hydroxyl groups is 1. The van der Waals surface area contributed by atoms with Crippen molar-refractivity contribution >= 4 is 48.2 Å². The van der Waals surface area contributed by atoms with E-state index in [9.17, 15) is 9.90 Å². The van der Waals surface area contributed by atoms with Gasteiger partial charge in [0, 0.05) is 58.5 Å². The molecule has 0 aliphatic heterocycles. The Hall–Kier alpha value is -2.92. The first-order valence-electron chi connectivity index (χ1n) is 18.5. The number of hydrogen-bond acceptors (Lipinski definition) is 5. The van der Waals surface area contributed by atoms with Crippen LogP contribution in [0, 0.1) is 47.5 Å². The molecular weight excluding hydrogens is 825 g/mol. The summed E-state index contributed by atoms with van der Waals surface area (Å²) in [4.78, 5) is 21.8. The van der Waals surface area contributed by atoms with Crippen LogP contribution in [0.4, 0.5) is 0 Å². The largest absolute Gasteiger partial charge is 0.512 e. The number of aromatic nitrogens is 2. The zero-order valence-corrected chi connectivity index (χ0v) is 36.2. The number of carbonyl (C=O) groups excluding carboxylic acids is 1. The number of rotatable bonds is 10. The third-order valence-corrected chi connectivity index (χ3v) is 10.8. The monoisotopic (exact) mass is 884 g/mol. The van der Waals surface area contributed by atoms with Gasteiger partial charge in [0.25, 0.3) is 0 Å². The Bertz CT molecular complexity index is 1950. The van der Waals surface area contributed by atoms with Crippen molar-refractivity contribution in [2.75, 3.05) is 0 Å². The Labute approximate surface area is 324 Å². The molecule has 0 aliphatic carbocycles. The minimum absolute atomic E-state index is 0. The van der Waals surface area contributed by atoms with E-state index < -0.39 is 0 Å². The number of ketones is 1. The molecule has 4 nitrogen and oxygen atoms in total. The number of thiophene rings is 1. The van der Waals surface area contributed by atoms with Crippen LogP contribution in [0.1, 0.15) is 101 Å². The fourth-order valence-electron chi connectivity index (χ4n) is 7.61. The molecule has 0 saturated carbocycles. The van der Waals surface area contributed by atoms with E-state index in [1.54, 1.807) is 17.7 Å². The van der Waals surface area contributed by atoms with Gasteiger partial charge in [-0.3, -0.25) is 9.78 Å². The summed E-state index contributed by atoms with van der Waals surface area (Å²) in [6.45, 7) is 27.9. The number of allylic oxidation sites excluding steroid dienone is 2. The SMILES string of the molecule is CC(C)C(C(=O)/C=C(\O)C(C(C)C)C(C)C)C(C)C.CC(C)Cc1ccc2c(c1)sc1c(-c3[c-]c4ccccc4c(C(C)(C)C)c3)ncnc12.[Ir]. The smallest absolute Gasteiger partial charge is 0.162 e. The van der Waals surface area contributed by atoms with Crippen molar-refractivity contribution in [3.63, 3.8) is 0 Å². The maximum Gasteiger partial charge on any atom is 0.162 e. The normalized spacial score (nSPS) is 12.7. The molecule has 0 aliphatic rings. The second kappa shape index (κ2) is 17.7. The van der Waals surface area contributed by atoms with Crippen molar-refractivity contribution in [3.8, 4) is 11.3 Å². The molecule has 0 atom stereocenters. The first-order valence-corrected chi connectivity index (χ1v) is 19.3. The summed E-state index contributed by atoms with van der Waals surface area (Å²) >= 11 is 1.80. The summed E-state index contributed by atoms with van der Waals surface area (Å²) in [6.07, 6.45) is 4.27. The van der Waals surface area contributed by atoms with Gasteiger partial charge in [0.2, 0.25) is 0 Å². The van der Waals surface area contributed by atoms with E-state index in [-0.39, 0.29) is 48.9 Å². The van der Waals surface area contributed by atoms with Gasteiger partial charge < -0.3 is 5.11 Å². The quantitative estimate of drug-likeness (QED) is 0.0862. The molecule has 51 heavy (non-hydrogen) atoms. The molecular formula is C45H59IrN2O2S-. The summed E-state index contributed by atoms with van der Waals surface area (Å²) in [5.41, 5.74) is 5.80. The standard InChI is InChI=1S/C28H27N2S.C17H32O2.Ir/c1-17(2)12-18-10-11-22-24(13-18)31-27-25(29-16-30-26(22)27)20-14-19-8-6-7-9-21(19)23(15-20)28(3,4)5;1-10(2)16(11(3)4)14(18)9-15(19)17(12(5)6)13(7)8;/h6-11,13,15-17H,12H2,1-5H3;9-13,16-18H,1-8H3;/q-1;;/b;14-9-;. The summed E-state index contributed by atoms with van der Waals surface area (Å²) in [7, 11) is 0. The topological polar surface area (TPSA) is 63.1 Å². The zero-order chi connectivity index (χ0) is 37.1. The maximum atomic E-state index is 12.3. The number of benzene rings is 3. The van der Waals surface area contributed by atoms with Crippen molar-refractivity contribution in [3.05, 3.63) is 83.9 Å². The summed E-state index contributed by atoms with van der Waals surface area (Å²) < 4.78 is 2.43. The number of hydrogen-bond donors (Lipinski definition) is 1. The van der Waals surface area contributed by atoms with Crippen LogP contribution in [-0.4, -0.2) is 20.9 Å². The van der Waals surface area contributed by atoms with E-state index >= 15 is 0 Å². The Balaban J connectivity index is 0.000000306. The van der Waals surface area contributed by atoms with Gasteiger partial charge in [0.15, 0.2) is 5.78 Å². The minimum Gasteiger partial charge on any atom is -0.512 e. The summed E-state index contributed by atoms with van der Waals surface area (Å²) in [6, 6.07) is 21.3. The average Bonchev–Trinajstić information content (AvgIpc) is 3.37. The number of carbonyl (C=O) groups is 1. The predicted octanol–water partition coefficient (Wildman–Crippen LogP) is 12.8.